The minimum absolute atomic E-state index is 0.146. The summed E-state index contributed by atoms with van der Waals surface area (Å²) >= 11 is 0. The van der Waals surface area contributed by atoms with Crippen LogP contribution in [0.4, 0.5) is 0 Å². The number of benzene rings is 1. The van der Waals surface area contributed by atoms with Gasteiger partial charge in [0.05, 0.1) is 31.3 Å². The predicted molar refractivity (Wildman–Crippen MR) is 103 cm³/mol. The number of allylic oxidation sites excluding steroid dienone is 2. The molecule has 1 aromatic carbocycles. The number of amides is 2. The molecular formula is C22H24N2O4. The Morgan fingerprint density at radius 3 is 2.21 bits per heavy atom. The highest BCUT2D eigenvalue weighted by Crippen LogP contribution is 2.65. The summed E-state index contributed by atoms with van der Waals surface area (Å²) in [4.78, 5) is 25.9. The zero-order valence-electron chi connectivity index (χ0n) is 16.1. The van der Waals surface area contributed by atoms with E-state index in [-0.39, 0.29) is 35.5 Å². The average Bonchev–Trinajstić information content (AvgIpc) is 3.48. The summed E-state index contributed by atoms with van der Waals surface area (Å²) in [6.45, 7) is 4.89. The van der Waals surface area contributed by atoms with Crippen LogP contribution in [0.1, 0.15) is 25.8 Å². The monoisotopic (exact) mass is 380 g/mol. The second-order valence-electron chi connectivity index (χ2n) is 7.96. The minimum Gasteiger partial charge on any atom is -0.490 e. The van der Waals surface area contributed by atoms with Crippen LogP contribution < -0.4 is 9.47 Å². The lowest BCUT2D eigenvalue weighted by atomic mass is 9.63. The number of imide groups is 1. The molecule has 6 heteroatoms. The molecule has 28 heavy (non-hydrogen) atoms. The van der Waals surface area contributed by atoms with Gasteiger partial charge in [0.2, 0.25) is 0 Å². The Hall–Kier alpha value is -2.63. The molecule has 1 aromatic rings. The Balaban J connectivity index is 1.38. The van der Waals surface area contributed by atoms with E-state index in [0.717, 1.165) is 17.0 Å². The van der Waals surface area contributed by atoms with Gasteiger partial charge in [-0.05, 0) is 67.7 Å². The van der Waals surface area contributed by atoms with Crippen LogP contribution >= 0.6 is 0 Å². The molecule has 5 aliphatic rings. The van der Waals surface area contributed by atoms with Gasteiger partial charge in [-0.15, -0.1) is 0 Å². The van der Waals surface area contributed by atoms with E-state index in [4.69, 9.17) is 9.47 Å². The van der Waals surface area contributed by atoms with E-state index in [2.05, 4.69) is 17.3 Å². The third kappa shape index (κ3) is 2.50. The Bertz CT molecular complexity index is 857. The van der Waals surface area contributed by atoms with Crippen molar-refractivity contribution in [2.75, 3.05) is 13.2 Å². The first kappa shape index (κ1) is 17.5. The molecule has 4 aliphatic carbocycles. The van der Waals surface area contributed by atoms with Crippen LogP contribution in [0.2, 0.25) is 0 Å². The first-order valence-corrected chi connectivity index (χ1v) is 10.1. The lowest BCUT2D eigenvalue weighted by Gasteiger charge is -2.37. The number of nitrogens with zero attached hydrogens (tertiary/aromatic N) is 2. The fourth-order valence-corrected chi connectivity index (χ4v) is 5.33. The number of carbonyl (C=O) groups is 2. The van der Waals surface area contributed by atoms with E-state index in [1.807, 2.05) is 32.0 Å². The molecule has 1 heterocycles. The number of carbonyl (C=O) groups excluding carboxylic acids is 2. The topological polar surface area (TPSA) is 68.2 Å². The van der Waals surface area contributed by atoms with Gasteiger partial charge in [-0.25, -0.2) is 0 Å². The molecule has 0 spiro atoms. The Morgan fingerprint density at radius 2 is 1.61 bits per heavy atom. The van der Waals surface area contributed by atoms with Crippen LogP contribution in [0.3, 0.4) is 0 Å². The van der Waals surface area contributed by atoms with Gasteiger partial charge >= 0.3 is 0 Å². The minimum atomic E-state index is -0.220. The molecule has 1 aliphatic heterocycles. The van der Waals surface area contributed by atoms with Gasteiger partial charge in [-0.3, -0.25) is 9.59 Å². The lowest BCUT2D eigenvalue weighted by Crippen LogP contribution is -2.40. The summed E-state index contributed by atoms with van der Waals surface area (Å²) in [5.41, 5.74) is 0.756. The van der Waals surface area contributed by atoms with Gasteiger partial charge in [-0.2, -0.15) is 10.1 Å². The molecule has 2 amide bonds. The van der Waals surface area contributed by atoms with E-state index in [9.17, 15) is 9.59 Å². The Kier molecular flexibility index (Phi) is 4.03. The van der Waals surface area contributed by atoms with Gasteiger partial charge in [-0.1, -0.05) is 12.2 Å². The summed E-state index contributed by atoms with van der Waals surface area (Å²) in [5.74, 6) is 2.18. The average molecular weight is 380 g/mol. The molecule has 0 aromatic heterocycles. The van der Waals surface area contributed by atoms with E-state index in [0.29, 0.717) is 36.5 Å². The summed E-state index contributed by atoms with van der Waals surface area (Å²) in [6.07, 6.45) is 7.05. The van der Waals surface area contributed by atoms with Crippen LogP contribution in [0.25, 0.3) is 0 Å². The van der Waals surface area contributed by atoms with Gasteiger partial charge in [0.1, 0.15) is 0 Å². The van der Waals surface area contributed by atoms with Crippen molar-refractivity contribution in [2.45, 2.75) is 20.3 Å². The zero-order chi connectivity index (χ0) is 19.4. The number of ether oxygens (including phenoxy) is 2. The number of rotatable bonds is 6. The predicted octanol–water partition coefficient (Wildman–Crippen LogP) is 2.87. The van der Waals surface area contributed by atoms with Gasteiger partial charge in [0, 0.05) is 0 Å². The molecule has 6 nitrogen and oxygen atoms in total. The SMILES string of the molecule is CCOc1ccc(/C=N/N2C(=O)[C@H]3[C@@H]4C=C[C@H]([C@H]5C[C@H]45)[C@@H]3C2=O)cc1OCC. The maximum absolute atomic E-state index is 12.9. The van der Waals surface area contributed by atoms with Crippen molar-refractivity contribution in [3.8, 4) is 11.5 Å². The second-order valence-corrected chi connectivity index (χ2v) is 7.96. The molecule has 1 saturated heterocycles. The maximum Gasteiger partial charge on any atom is 0.254 e. The van der Waals surface area contributed by atoms with Crippen LogP contribution in [0.5, 0.6) is 11.5 Å². The standard InChI is InChI=1S/C22H24N2O4/c1-3-27-17-8-5-12(9-18(17)28-4-2)11-23-24-21(25)19-13-6-7-14(16-10-15(13)16)20(19)22(24)26/h5-9,11,13-16,19-20H,3-4,10H2,1-2H3/b23-11+/t13-,14-,15-,16-,19+,20+/m1/s1. The molecule has 6 atom stereocenters. The van der Waals surface area contributed by atoms with Crippen LogP contribution in [-0.4, -0.2) is 36.3 Å². The molecular weight excluding hydrogens is 356 g/mol. The van der Waals surface area contributed by atoms with E-state index in [1.54, 1.807) is 6.21 Å². The number of hydrogen-bond acceptors (Lipinski definition) is 5. The van der Waals surface area contributed by atoms with Crippen molar-refractivity contribution < 1.29 is 19.1 Å². The molecule has 3 fully saturated rings. The van der Waals surface area contributed by atoms with Gasteiger partial charge in [0.25, 0.3) is 11.8 Å². The number of hydrogen-bond donors (Lipinski definition) is 0. The van der Waals surface area contributed by atoms with Crippen molar-refractivity contribution in [1.82, 2.24) is 5.01 Å². The third-order valence-electron chi connectivity index (χ3n) is 6.53. The Labute approximate surface area is 164 Å². The molecule has 0 unspecified atom stereocenters. The maximum atomic E-state index is 12.9. The fourth-order valence-electron chi connectivity index (χ4n) is 5.33. The molecule has 0 N–H and O–H groups in total. The van der Waals surface area contributed by atoms with Crippen molar-refractivity contribution in [3.63, 3.8) is 0 Å². The largest absolute Gasteiger partial charge is 0.490 e. The van der Waals surface area contributed by atoms with Crippen LogP contribution in [0, 0.1) is 35.5 Å². The molecule has 6 rings (SSSR count). The van der Waals surface area contributed by atoms with Crippen LogP contribution in [-0.2, 0) is 9.59 Å². The molecule has 146 valence electrons. The first-order valence-electron chi connectivity index (χ1n) is 10.1. The molecule has 2 bridgehead atoms. The highest BCUT2D eigenvalue weighted by molar-refractivity contribution is 6.06. The normalized spacial score (nSPS) is 34.7. The van der Waals surface area contributed by atoms with E-state index >= 15 is 0 Å². The first-order chi connectivity index (χ1) is 13.6. The van der Waals surface area contributed by atoms with Gasteiger partial charge in [0.15, 0.2) is 11.5 Å². The van der Waals surface area contributed by atoms with Crippen molar-refractivity contribution in [3.05, 3.63) is 35.9 Å². The summed E-state index contributed by atoms with van der Waals surface area (Å²) < 4.78 is 11.2. The van der Waals surface area contributed by atoms with Crippen molar-refractivity contribution >= 4 is 18.0 Å². The van der Waals surface area contributed by atoms with E-state index < -0.39 is 0 Å². The smallest absolute Gasteiger partial charge is 0.254 e. The highest BCUT2D eigenvalue weighted by Gasteiger charge is 2.67. The number of hydrazone groups is 1. The van der Waals surface area contributed by atoms with Crippen molar-refractivity contribution in [2.24, 2.45) is 40.6 Å². The van der Waals surface area contributed by atoms with E-state index in [1.165, 1.54) is 0 Å². The Morgan fingerprint density at radius 1 is 1.00 bits per heavy atom. The third-order valence-corrected chi connectivity index (χ3v) is 6.53. The summed E-state index contributed by atoms with van der Waals surface area (Å²) in [7, 11) is 0. The highest BCUT2D eigenvalue weighted by atomic mass is 16.5. The van der Waals surface area contributed by atoms with Gasteiger partial charge < -0.3 is 9.47 Å². The quantitative estimate of drug-likeness (QED) is 0.432. The molecule has 2 saturated carbocycles. The van der Waals surface area contributed by atoms with Crippen LogP contribution in [0.15, 0.2) is 35.5 Å². The fraction of sp³-hybridized carbons (Fsp3) is 0.500. The molecule has 0 radical (unpaired) electrons. The second kappa shape index (κ2) is 6.47. The lowest BCUT2D eigenvalue weighted by molar-refractivity contribution is -0.140. The van der Waals surface area contributed by atoms with Crippen molar-refractivity contribution in [1.29, 1.82) is 0 Å². The summed E-state index contributed by atoms with van der Waals surface area (Å²) in [5, 5.41) is 5.38. The summed E-state index contributed by atoms with van der Waals surface area (Å²) in [6, 6.07) is 5.48. The zero-order valence-corrected chi connectivity index (χ0v) is 16.1.